The number of fused-ring (bicyclic) bond motifs is 1. The maximum atomic E-state index is 12.3. The van der Waals surface area contributed by atoms with Crippen molar-refractivity contribution in [1.29, 1.82) is 0 Å². The average molecular weight is 407 g/mol. The van der Waals surface area contributed by atoms with Gasteiger partial charge in [0.05, 0.1) is 0 Å². The highest BCUT2D eigenvalue weighted by Crippen LogP contribution is 2.21. The van der Waals surface area contributed by atoms with E-state index < -0.39 is 12.0 Å². The smallest absolute Gasteiger partial charge is 0.279 e. The quantitative estimate of drug-likeness (QED) is 0.457. The minimum absolute atomic E-state index is 0.00971. The number of carbonyl (C=O) groups excluding carboxylic acids is 2. The summed E-state index contributed by atoms with van der Waals surface area (Å²) in [4.78, 5) is 24.5. The minimum atomic E-state index is -0.765. The predicted octanol–water partition coefficient (Wildman–Crippen LogP) is 3.25. The molecular weight excluding hydrogens is 386 g/mol. The third kappa shape index (κ3) is 5.30. The lowest BCUT2D eigenvalue weighted by atomic mass is 10.1. The van der Waals surface area contributed by atoms with Gasteiger partial charge in [-0.1, -0.05) is 48.5 Å². The number of hydrazine groups is 1. The summed E-state index contributed by atoms with van der Waals surface area (Å²) in [5, 5.41) is 4.63. The van der Waals surface area contributed by atoms with Crippen molar-refractivity contribution in [3.05, 3.63) is 77.9 Å². The summed E-state index contributed by atoms with van der Waals surface area (Å²) in [6, 6.07) is 20.7. The summed E-state index contributed by atoms with van der Waals surface area (Å²) in [7, 11) is 0. The van der Waals surface area contributed by atoms with Gasteiger partial charge in [-0.25, -0.2) is 0 Å². The highest BCUT2D eigenvalue weighted by atomic mass is 32.1. The van der Waals surface area contributed by atoms with Gasteiger partial charge >= 0.3 is 0 Å². The van der Waals surface area contributed by atoms with Gasteiger partial charge in [-0.2, -0.15) is 0 Å². The summed E-state index contributed by atoms with van der Waals surface area (Å²) in [5.41, 5.74) is 6.30. The molecule has 0 aliphatic rings. The first-order valence-electron chi connectivity index (χ1n) is 9.06. The first-order chi connectivity index (χ1) is 13.9. The van der Waals surface area contributed by atoms with Crippen molar-refractivity contribution < 1.29 is 14.3 Å². The van der Waals surface area contributed by atoms with Gasteiger partial charge in [0.25, 0.3) is 11.8 Å². The Balaban J connectivity index is 1.50. The molecule has 0 spiro atoms. The molecule has 3 aromatic rings. The molecule has 148 valence electrons. The third-order valence-electron chi connectivity index (χ3n) is 4.32. The Morgan fingerprint density at radius 3 is 2.38 bits per heavy atom. The second-order valence-electron chi connectivity index (χ2n) is 6.48. The highest BCUT2D eigenvalue weighted by molar-refractivity contribution is 7.80. The third-order valence-corrected chi connectivity index (χ3v) is 4.52. The van der Waals surface area contributed by atoms with Crippen molar-refractivity contribution in [3.63, 3.8) is 0 Å². The van der Waals surface area contributed by atoms with Crippen molar-refractivity contribution >= 4 is 39.9 Å². The number of carbonyl (C=O) groups is 2. The van der Waals surface area contributed by atoms with Gasteiger partial charge in [0.15, 0.2) is 11.2 Å². The molecular formula is C22H21N3O3S. The second-order valence-corrected chi connectivity index (χ2v) is 6.89. The summed E-state index contributed by atoms with van der Waals surface area (Å²) in [6.45, 7) is 3.46. The summed E-state index contributed by atoms with van der Waals surface area (Å²) in [5.74, 6) is -0.192. The SMILES string of the molecule is Cc1ccccc1C(=O)NC(=S)NNC(=O)[C@H](C)Oc1ccc2ccccc2c1. The van der Waals surface area contributed by atoms with Crippen LogP contribution in [0.25, 0.3) is 10.8 Å². The van der Waals surface area contributed by atoms with Crippen molar-refractivity contribution in [3.8, 4) is 5.75 Å². The van der Waals surface area contributed by atoms with Gasteiger partial charge in [-0.15, -0.1) is 0 Å². The van der Waals surface area contributed by atoms with E-state index in [1.807, 2.05) is 61.5 Å². The fourth-order valence-corrected chi connectivity index (χ4v) is 2.89. The van der Waals surface area contributed by atoms with Crippen LogP contribution in [0.1, 0.15) is 22.8 Å². The molecule has 1 atom stereocenters. The number of thiocarbonyl (C=S) groups is 1. The molecule has 3 aromatic carbocycles. The van der Waals surface area contributed by atoms with Gasteiger partial charge in [-0.05, 0) is 60.6 Å². The number of rotatable bonds is 4. The Morgan fingerprint density at radius 1 is 0.931 bits per heavy atom. The van der Waals surface area contributed by atoms with Crippen molar-refractivity contribution in [2.45, 2.75) is 20.0 Å². The standard InChI is InChI=1S/C22H21N3O3S/c1-14-7-3-6-10-19(14)21(27)23-22(29)25-24-20(26)15(2)28-18-12-11-16-8-4-5-9-17(16)13-18/h3-13,15H,1-2H3,(H,24,26)(H2,23,25,27,29)/t15-/m0/s1. The molecule has 0 bridgehead atoms. The molecule has 0 unspecified atom stereocenters. The number of hydrogen-bond donors (Lipinski definition) is 3. The van der Waals surface area contributed by atoms with Crippen LogP contribution in [-0.2, 0) is 4.79 Å². The molecule has 0 aromatic heterocycles. The number of hydrogen-bond acceptors (Lipinski definition) is 4. The first-order valence-corrected chi connectivity index (χ1v) is 9.47. The molecule has 7 heteroatoms. The zero-order valence-corrected chi connectivity index (χ0v) is 16.9. The van der Waals surface area contributed by atoms with Gasteiger partial charge in [-0.3, -0.25) is 25.8 Å². The van der Waals surface area contributed by atoms with Crippen LogP contribution in [0.15, 0.2) is 66.7 Å². The average Bonchev–Trinajstić information content (AvgIpc) is 2.72. The zero-order chi connectivity index (χ0) is 20.8. The molecule has 0 aliphatic carbocycles. The summed E-state index contributed by atoms with van der Waals surface area (Å²) >= 11 is 5.06. The van der Waals surface area contributed by atoms with Gasteiger partial charge < -0.3 is 4.74 Å². The highest BCUT2D eigenvalue weighted by Gasteiger charge is 2.16. The van der Waals surface area contributed by atoms with Crippen molar-refractivity contribution in [1.82, 2.24) is 16.2 Å². The van der Waals surface area contributed by atoms with E-state index in [1.165, 1.54) is 0 Å². The molecule has 0 saturated carbocycles. The van der Waals surface area contributed by atoms with E-state index in [0.29, 0.717) is 11.3 Å². The molecule has 0 saturated heterocycles. The largest absolute Gasteiger partial charge is 0.481 e. The lowest BCUT2D eigenvalue weighted by Gasteiger charge is -2.16. The Labute approximate surface area is 174 Å². The van der Waals surface area contributed by atoms with Gasteiger partial charge in [0.2, 0.25) is 0 Å². The van der Waals surface area contributed by atoms with E-state index in [1.54, 1.807) is 19.1 Å². The lowest BCUT2D eigenvalue weighted by molar-refractivity contribution is -0.127. The number of aryl methyl sites for hydroxylation is 1. The molecule has 3 rings (SSSR count). The molecule has 0 aliphatic heterocycles. The van der Waals surface area contributed by atoms with E-state index in [9.17, 15) is 9.59 Å². The molecule has 0 fully saturated rings. The van der Waals surface area contributed by atoms with Crippen molar-refractivity contribution in [2.24, 2.45) is 0 Å². The van der Waals surface area contributed by atoms with Crippen LogP contribution in [0.3, 0.4) is 0 Å². The van der Waals surface area contributed by atoms with Crippen LogP contribution in [0.2, 0.25) is 0 Å². The fourth-order valence-electron chi connectivity index (χ4n) is 2.75. The maximum absolute atomic E-state index is 12.3. The molecule has 0 heterocycles. The predicted molar refractivity (Wildman–Crippen MR) is 117 cm³/mol. The fraction of sp³-hybridized carbons (Fsp3) is 0.136. The van der Waals surface area contributed by atoms with Crippen LogP contribution >= 0.6 is 12.2 Å². The van der Waals surface area contributed by atoms with Crippen LogP contribution in [0.5, 0.6) is 5.75 Å². The first kappa shape index (κ1) is 20.3. The number of amides is 2. The van der Waals surface area contributed by atoms with Crippen molar-refractivity contribution in [2.75, 3.05) is 0 Å². The van der Waals surface area contributed by atoms with E-state index in [4.69, 9.17) is 17.0 Å². The molecule has 6 nitrogen and oxygen atoms in total. The van der Waals surface area contributed by atoms with E-state index >= 15 is 0 Å². The van der Waals surface area contributed by atoms with Gasteiger partial charge in [0, 0.05) is 5.56 Å². The monoisotopic (exact) mass is 407 g/mol. The molecule has 3 N–H and O–H groups in total. The van der Waals surface area contributed by atoms with Crippen LogP contribution in [0, 0.1) is 6.92 Å². The number of ether oxygens (including phenoxy) is 1. The lowest BCUT2D eigenvalue weighted by Crippen LogP contribution is -2.51. The minimum Gasteiger partial charge on any atom is -0.481 e. The van der Waals surface area contributed by atoms with E-state index in [2.05, 4.69) is 16.2 Å². The molecule has 2 amide bonds. The van der Waals surface area contributed by atoms with Crippen LogP contribution in [0.4, 0.5) is 0 Å². The Kier molecular flexibility index (Phi) is 6.41. The second kappa shape index (κ2) is 9.16. The number of benzene rings is 3. The Hall–Kier alpha value is -3.45. The Morgan fingerprint density at radius 2 is 1.62 bits per heavy atom. The zero-order valence-electron chi connectivity index (χ0n) is 16.1. The normalized spacial score (nSPS) is 11.4. The molecule has 29 heavy (non-hydrogen) atoms. The maximum Gasteiger partial charge on any atom is 0.279 e. The summed E-state index contributed by atoms with van der Waals surface area (Å²) < 4.78 is 5.70. The molecule has 0 radical (unpaired) electrons. The van der Waals surface area contributed by atoms with Crippen LogP contribution < -0.4 is 20.9 Å². The van der Waals surface area contributed by atoms with Crippen LogP contribution in [-0.4, -0.2) is 23.0 Å². The topological polar surface area (TPSA) is 79.5 Å². The Bertz CT molecular complexity index is 1070. The number of nitrogens with one attached hydrogen (secondary N) is 3. The van der Waals surface area contributed by atoms with Gasteiger partial charge in [0.1, 0.15) is 5.75 Å². The van der Waals surface area contributed by atoms with E-state index in [0.717, 1.165) is 16.3 Å². The van der Waals surface area contributed by atoms with E-state index in [-0.39, 0.29) is 11.0 Å². The summed E-state index contributed by atoms with van der Waals surface area (Å²) in [6.07, 6.45) is -0.765.